The maximum absolute atomic E-state index is 12.1. The highest BCUT2D eigenvalue weighted by Gasteiger charge is 2.55. The normalized spacial score (nSPS) is 23.7. The van der Waals surface area contributed by atoms with Crippen LogP contribution in [0.4, 0.5) is 0 Å². The first-order valence-electron chi connectivity index (χ1n) is 7.39. The Morgan fingerprint density at radius 2 is 1.57 bits per heavy atom. The van der Waals surface area contributed by atoms with E-state index in [0.29, 0.717) is 0 Å². The van der Waals surface area contributed by atoms with Gasteiger partial charge in [-0.3, -0.25) is 4.79 Å². The first kappa shape index (κ1) is 13.9. The zero-order valence-corrected chi connectivity index (χ0v) is 12.8. The molecular formula is C19H21NO. The third-order valence-electron chi connectivity index (χ3n) is 4.63. The highest BCUT2D eigenvalue weighted by Crippen LogP contribution is 2.54. The maximum Gasteiger partial charge on any atom is 0.226 e. The van der Waals surface area contributed by atoms with E-state index in [1.165, 1.54) is 16.7 Å². The summed E-state index contributed by atoms with van der Waals surface area (Å²) < 4.78 is 0. The summed E-state index contributed by atoms with van der Waals surface area (Å²) in [5, 5.41) is 0. The zero-order chi connectivity index (χ0) is 15.0. The van der Waals surface area contributed by atoms with Gasteiger partial charge in [0.05, 0.1) is 0 Å². The van der Waals surface area contributed by atoms with E-state index in [0.717, 1.165) is 6.42 Å². The molecule has 1 aliphatic rings. The lowest BCUT2D eigenvalue weighted by atomic mass is 9.93. The second-order valence-electron chi connectivity index (χ2n) is 6.35. The minimum Gasteiger partial charge on any atom is -0.349 e. The lowest BCUT2D eigenvalue weighted by Crippen LogP contribution is -2.26. The fraction of sp³-hybridized carbons (Fsp3) is 0.316. The summed E-state index contributed by atoms with van der Waals surface area (Å²) in [7, 11) is 3.67. The molecule has 3 rings (SSSR count). The first-order chi connectivity index (χ1) is 10.0. The summed E-state index contributed by atoms with van der Waals surface area (Å²) in [6.45, 7) is 2.19. The Labute approximate surface area is 126 Å². The molecule has 0 heterocycles. The highest BCUT2D eigenvalue weighted by atomic mass is 16.2. The number of hydrogen-bond acceptors (Lipinski definition) is 1. The van der Waals surface area contributed by atoms with Crippen LogP contribution in [-0.2, 0) is 10.2 Å². The standard InChI is InChI=1S/C19H21NO/c1-19(13-17(19)18(21)20(2)3)16-11-9-15(10-12-16)14-7-5-4-6-8-14/h4-12,17H,13H2,1-3H3/t17-,19-/m1/s1. The fourth-order valence-electron chi connectivity index (χ4n) is 3.03. The molecule has 0 N–H and O–H groups in total. The molecule has 0 radical (unpaired) electrons. The number of amides is 1. The minimum absolute atomic E-state index is 0.0105. The van der Waals surface area contributed by atoms with Crippen LogP contribution in [0.25, 0.3) is 11.1 Å². The number of carbonyl (C=O) groups is 1. The molecule has 2 atom stereocenters. The minimum atomic E-state index is 0.0105. The number of rotatable bonds is 3. The smallest absolute Gasteiger partial charge is 0.226 e. The van der Waals surface area contributed by atoms with Crippen LogP contribution >= 0.6 is 0 Å². The fourth-order valence-corrected chi connectivity index (χ4v) is 3.03. The average molecular weight is 279 g/mol. The van der Waals surface area contributed by atoms with Gasteiger partial charge in [-0.2, -0.15) is 0 Å². The summed E-state index contributed by atoms with van der Waals surface area (Å²) in [4.78, 5) is 13.8. The molecular weight excluding hydrogens is 258 g/mol. The molecule has 2 nitrogen and oxygen atoms in total. The molecule has 0 bridgehead atoms. The van der Waals surface area contributed by atoms with Gasteiger partial charge in [0.25, 0.3) is 0 Å². The molecule has 1 fully saturated rings. The molecule has 1 aliphatic carbocycles. The summed E-state index contributed by atoms with van der Waals surface area (Å²) >= 11 is 0. The number of hydrogen-bond donors (Lipinski definition) is 0. The third-order valence-corrected chi connectivity index (χ3v) is 4.63. The second kappa shape index (κ2) is 5.03. The second-order valence-corrected chi connectivity index (χ2v) is 6.35. The predicted octanol–water partition coefficient (Wildman–Crippen LogP) is 3.72. The van der Waals surface area contributed by atoms with Gasteiger partial charge in [0.15, 0.2) is 0 Å². The van der Waals surface area contributed by atoms with Crippen molar-refractivity contribution >= 4 is 5.91 Å². The molecule has 21 heavy (non-hydrogen) atoms. The molecule has 0 aromatic heterocycles. The molecule has 1 saturated carbocycles. The average Bonchev–Trinajstić information content (AvgIpc) is 3.21. The highest BCUT2D eigenvalue weighted by molar-refractivity contribution is 5.84. The van der Waals surface area contributed by atoms with E-state index in [1.54, 1.807) is 4.90 Å². The zero-order valence-electron chi connectivity index (χ0n) is 12.8. The number of nitrogens with zero attached hydrogens (tertiary/aromatic N) is 1. The molecule has 0 aliphatic heterocycles. The van der Waals surface area contributed by atoms with Gasteiger partial charge in [0, 0.05) is 25.4 Å². The van der Waals surface area contributed by atoms with Gasteiger partial charge in [-0.25, -0.2) is 0 Å². The Morgan fingerprint density at radius 3 is 2.14 bits per heavy atom. The van der Waals surface area contributed by atoms with Crippen molar-refractivity contribution in [2.45, 2.75) is 18.8 Å². The van der Waals surface area contributed by atoms with Crippen LogP contribution in [-0.4, -0.2) is 24.9 Å². The van der Waals surface area contributed by atoms with Crippen LogP contribution in [0.3, 0.4) is 0 Å². The van der Waals surface area contributed by atoms with E-state index in [2.05, 4.69) is 55.5 Å². The van der Waals surface area contributed by atoms with Crippen molar-refractivity contribution < 1.29 is 4.79 Å². The molecule has 2 aromatic rings. The lowest BCUT2D eigenvalue weighted by Gasteiger charge is -2.15. The van der Waals surface area contributed by atoms with Gasteiger partial charge in [0.1, 0.15) is 0 Å². The molecule has 2 aromatic carbocycles. The Balaban J connectivity index is 1.81. The van der Waals surface area contributed by atoms with Crippen molar-refractivity contribution in [1.82, 2.24) is 4.90 Å². The quantitative estimate of drug-likeness (QED) is 0.838. The van der Waals surface area contributed by atoms with Gasteiger partial charge < -0.3 is 4.90 Å². The molecule has 108 valence electrons. The van der Waals surface area contributed by atoms with Gasteiger partial charge in [-0.1, -0.05) is 61.5 Å². The number of benzene rings is 2. The van der Waals surface area contributed by atoms with E-state index in [1.807, 2.05) is 20.2 Å². The largest absolute Gasteiger partial charge is 0.349 e. The monoisotopic (exact) mass is 279 g/mol. The molecule has 0 unspecified atom stereocenters. The Kier molecular flexibility index (Phi) is 3.32. The van der Waals surface area contributed by atoms with E-state index >= 15 is 0 Å². The third kappa shape index (κ3) is 2.46. The Morgan fingerprint density at radius 1 is 1.00 bits per heavy atom. The van der Waals surface area contributed by atoms with Crippen LogP contribution < -0.4 is 0 Å². The van der Waals surface area contributed by atoms with E-state index in [9.17, 15) is 4.79 Å². The van der Waals surface area contributed by atoms with Crippen LogP contribution in [0.1, 0.15) is 18.9 Å². The van der Waals surface area contributed by atoms with Gasteiger partial charge in [-0.15, -0.1) is 0 Å². The molecule has 2 heteroatoms. The summed E-state index contributed by atoms with van der Waals surface area (Å²) in [5.74, 6) is 0.375. The van der Waals surface area contributed by atoms with Crippen molar-refractivity contribution in [3.63, 3.8) is 0 Å². The first-order valence-corrected chi connectivity index (χ1v) is 7.39. The summed E-state index contributed by atoms with van der Waals surface area (Å²) in [6.07, 6.45) is 0.953. The van der Waals surface area contributed by atoms with Gasteiger partial charge in [0.2, 0.25) is 5.91 Å². The van der Waals surface area contributed by atoms with Gasteiger partial charge >= 0.3 is 0 Å². The topological polar surface area (TPSA) is 20.3 Å². The number of carbonyl (C=O) groups excluding carboxylic acids is 1. The van der Waals surface area contributed by atoms with Crippen LogP contribution in [0.15, 0.2) is 54.6 Å². The van der Waals surface area contributed by atoms with Crippen LogP contribution in [0.2, 0.25) is 0 Å². The molecule has 0 spiro atoms. The Bertz CT molecular complexity index is 645. The summed E-state index contributed by atoms with van der Waals surface area (Å²) in [5.41, 5.74) is 3.73. The van der Waals surface area contributed by atoms with Gasteiger partial charge in [-0.05, 0) is 23.1 Å². The lowest BCUT2D eigenvalue weighted by molar-refractivity contribution is -0.130. The van der Waals surface area contributed by atoms with Crippen molar-refractivity contribution in [3.05, 3.63) is 60.2 Å². The molecule has 0 saturated heterocycles. The molecule has 1 amide bonds. The Hall–Kier alpha value is -2.09. The van der Waals surface area contributed by atoms with Crippen LogP contribution in [0.5, 0.6) is 0 Å². The van der Waals surface area contributed by atoms with Crippen molar-refractivity contribution in [3.8, 4) is 11.1 Å². The van der Waals surface area contributed by atoms with Crippen molar-refractivity contribution in [2.24, 2.45) is 5.92 Å². The van der Waals surface area contributed by atoms with E-state index in [-0.39, 0.29) is 17.2 Å². The maximum atomic E-state index is 12.1. The van der Waals surface area contributed by atoms with Crippen LogP contribution in [0, 0.1) is 5.92 Å². The predicted molar refractivity (Wildman–Crippen MR) is 86.0 cm³/mol. The van der Waals surface area contributed by atoms with Crippen molar-refractivity contribution in [2.75, 3.05) is 14.1 Å². The van der Waals surface area contributed by atoms with E-state index in [4.69, 9.17) is 0 Å². The van der Waals surface area contributed by atoms with Crippen molar-refractivity contribution in [1.29, 1.82) is 0 Å². The summed E-state index contributed by atoms with van der Waals surface area (Å²) in [6, 6.07) is 19.0. The van der Waals surface area contributed by atoms with E-state index < -0.39 is 0 Å². The SMILES string of the molecule is CN(C)C(=O)[C@H]1C[C@]1(C)c1ccc(-c2ccccc2)cc1.